The number of anilines is 2. The molecule has 4 nitrogen and oxygen atoms in total. The first kappa shape index (κ1) is 17.4. The lowest BCUT2D eigenvalue weighted by Gasteiger charge is -2.11. The van der Waals surface area contributed by atoms with Crippen molar-refractivity contribution >= 4 is 28.9 Å². The van der Waals surface area contributed by atoms with Gasteiger partial charge < -0.3 is 11.1 Å². The average Bonchev–Trinajstić information content (AvgIpc) is 3.43. The summed E-state index contributed by atoms with van der Waals surface area (Å²) in [7, 11) is 0. The number of rotatable bonds is 4. The van der Waals surface area contributed by atoms with Crippen molar-refractivity contribution in [3.05, 3.63) is 102 Å². The number of hydrogen-bond donors (Lipinski definition) is 2. The highest BCUT2D eigenvalue weighted by molar-refractivity contribution is 6.09. The molecule has 3 N–H and O–H groups in total. The molecule has 29 heavy (non-hydrogen) atoms. The van der Waals surface area contributed by atoms with Crippen LogP contribution in [0.5, 0.6) is 0 Å². The van der Waals surface area contributed by atoms with Crippen LogP contribution in [0.25, 0.3) is 11.6 Å². The third-order valence-corrected chi connectivity index (χ3v) is 6.03. The molecule has 1 aromatic heterocycles. The molecule has 1 aliphatic heterocycles. The van der Waals surface area contributed by atoms with E-state index in [0.717, 1.165) is 39.9 Å². The first-order valence-electron chi connectivity index (χ1n) is 9.67. The van der Waals surface area contributed by atoms with Crippen molar-refractivity contribution in [2.24, 2.45) is 0 Å². The van der Waals surface area contributed by atoms with Gasteiger partial charge in [-0.25, -0.2) is 0 Å². The van der Waals surface area contributed by atoms with E-state index in [-0.39, 0.29) is 11.8 Å². The van der Waals surface area contributed by atoms with Crippen LogP contribution in [0.4, 0.5) is 11.4 Å². The van der Waals surface area contributed by atoms with Crippen molar-refractivity contribution in [3.63, 3.8) is 0 Å². The van der Waals surface area contributed by atoms with Gasteiger partial charge in [0.05, 0.1) is 5.41 Å². The first-order valence-corrected chi connectivity index (χ1v) is 9.67. The fraction of sp³-hybridized carbons (Fsp3) is 0.120. The monoisotopic (exact) mass is 379 g/mol. The van der Waals surface area contributed by atoms with Crippen LogP contribution in [0.3, 0.4) is 0 Å². The molecule has 142 valence electrons. The fourth-order valence-corrected chi connectivity index (χ4v) is 4.40. The minimum absolute atomic E-state index is 0.0936. The van der Waals surface area contributed by atoms with E-state index in [1.807, 2.05) is 54.6 Å². The third kappa shape index (κ3) is 2.76. The molecule has 1 aliphatic carbocycles. The van der Waals surface area contributed by atoms with Gasteiger partial charge in [-0.2, -0.15) is 0 Å². The Morgan fingerprint density at radius 1 is 1.17 bits per heavy atom. The number of carbonyl (C=O) groups is 1. The van der Waals surface area contributed by atoms with Gasteiger partial charge in [-0.1, -0.05) is 49.1 Å². The van der Waals surface area contributed by atoms with E-state index in [4.69, 9.17) is 5.73 Å². The predicted molar refractivity (Wildman–Crippen MR) is 117 cm³/mol. The van der Waals surface area contributed by atoms with Crippen LogP contribution in [0.1, 0.15) is 34.6 Å². The van der Waals surface area contributed by atoms with Crippen molar-refractivity contribution in [2.45, 2.75) is 17.8 Å². The van der Waals surface area contributed by atoms with Crippen molar-refractivity contribution in [2.75, 3.05) is 11.1 Å². The Kier molecular flexibility index (Phi) is 3.88. The summed E-state index contributed by atoms with van der Waals surface area (Å²) in [5, 5.41) is 3.03. The smallest absolute Gasteiger partial charge is 0.235 e. The Morgan fingerprint density at radius 2 is 1.97 bits per heavy atom. The minimum Gasteiger partial charge on any atom is -0.398 e. The molecule has 1 saturated carbocycles. The topological polar surface area (TPSA) is 68.0 Å². The maximum Gasteiger partial charge on any atom is 0.235 e. The van der Waals surface area contributed by atoms with Gasteiger partial charge in [0.25, 0.3) is 0 Å². The Hall–Kier alpha value is -3.66. The van der Waals surface area contributed by atoms with Gasteiger partial charge >= 0.3 is 0 Å². The number of hydrogen-bond acceptors (Lipinski definition) is 3. The van der Waals surface area contributed by atoms with Crippen molar-refractivity contribution in [1.82, 2.24) is 4.98 Å². The van der Waals surface area contributed by atoms with E-state index >= 15 is 0 Å². The molecule has 0 saturated heterocycles. The molecule has 2 unspecified atom stereocenters. The van der Waals surface area contributed by atoms with Crippen molar-refractivity contribution in [3.8, 4) is 0 Å². The third-order valence-electron chi connectivity index (χ3n) is 6.03. The predicted octanol–water partition coefficient (Wildman–Crippen LogP) is 4.77. The van der Waals surface area contributed by atoms with Crippen LogP contribution in [-0.2, 0) is 10.2 Å². The largest absolute Gasteiger partial charge is 0.398 e. The molecule has 2 aromatic carbocycles. The summed E-state index contributed by atoms with van der Waals surface area (Å²) in [6, 6.07) is 17.9. The van der Waals surface area contributed by atoms with Crippen LogP contribution in [0.15, 0.2) is 79.6 Å². The number of allylic oxidation sites excluding steroid dienone is 2. The molecule has 2 aliphatic rings. The maximum atomic E-state index is 12.7. The van der Waals surface area contributed by atoms with Crippen LogP contribution in [0.2, 0.25) is 0 Å². The number of nitrogens with zero attached hydrogens (tertiary/aromatic N) is 1. The average molecular weight is 379 g/mol. The van der Waals surface area contributed by atoms with Gasteiger partial charge in [-0.3, -0.25) is 9.78 Å². The van der Waals surface area contributed by atoms with Crippen molar-refractivity contribution in [1.29, 1.82) is 0 Å². The van der Waals surface area contributed by atoms with Gasteiger partial charge in [-0.15, -0.1) is 0 Å². The maximum absolute atomic E-state index is 12.7. The van der Waals surface area contributed by atoms with E-state index in [1.165, 1.54) is 0 Å². The number of aromatic nitrogens is 1. The first-order chi connectivity index (χ1) is 14.1. The van der Waals surface area contributed by atoms with Gasteiger partial charge in [0, 0.05) is 35.2 Å². The molecule has 1 fully saturated rings. The molecule has 3 aromatic rings. The van der Waals surface area contributed by atoms with Crippen LogP contribution < -0.4 is 11.1 Å². The summed E-state index contributed by atoms with van der Waals surface area (Å²) in [5.74, 6) is 0.249. The fourth-order valence-electron chi connectivity index (χ4n) is 4.40. The van der Waals surface area contributed by atoms with Crippen molar-refractivity contribution < 1.29 is 4.79 Å². The SMILES string of the molecule is C=C(C=Cc1ccncc1)c1ccc(C2CC23C(=O)Nc2ccccc23)cc1N. The summed E-state index contributed by atoms with van der Waals surface area (Å²) < 4.78 is 0. The Bertz CT molecular complexity index is 1170. The van der Waals surface area contributed by atoms with E-state index in [1.54, 1.807) is 12.4 Å². The molecule has 4 heteroatoms. The van der Waals surface area contributed by atoms with Gasteiger partial charge in [0.2, 0.25) is 5.91 Å². The number of benzene rings is 2. The molecule has 2 atom stereocenters. The number of nitrogens with two attached hydrogens (primary N) is 1. The molecule has 5 rings (SSSR count). The van der Waals surface area contributed by atoms with E-state index in [2.05, 4.69) is 29.0 Å². The molecular weight excluding hydrogens is 358 g/mol. The summed E-state index contributed by atoms with van der Waals surface area (Å²) in [6.07, 6.45) is 8.29. The summed E-state index contributed by atoms with van der Waals surface area (Å²) in [4.78, 5) is 16.7. The zero-order chi connectivity index (χ0) is 20.0. The number of fused-ring (bicyclic) bond motifs is 2. The highest BCUT2D eigenvalue weighted by atomic mass is 16.2. The Labute approximate surface area is 169 Å². The number of para-hydroxylation sites is 1. The number of amides is 1. The van der Waals surface area contributed by atoms with Gasteiger partial charge in [0.15, 0.2) is 0 Å². The lowest BCUT2D eigenvalue weighted by Crippen LogP contribution is -2.21. The Balaban J connectivity index is 1.40. The number of carbonyl (C=O) groups excluding carboxylic acids is 1. The van der Waals surface area contributed by atoms with Gasteiger partial charge in [-0.05, 0) is 52.9 Å². The quantitative estimate of drug-likeness (QED) is 0.507. The molecule has 1 amide bonds. The second kappa shape index (κ2) is 6.45. The summed E-state index contributed by atoms with van der Waals surface area (Å²) in [5.41, 5.74) is 12.6. The number of nitrogens with one attached hydrogen (secondary N) is 1. The highest BCUT2D eigenvalue weighted by Gasteiger charge is 2.65. The molecule has 0 radical (unpaired) electrons. The van der Waals surface area contributed by atoms with E-state index in [9.17, 15) is 4.79 Å². The second-order valence-corrected chi connectivity index (χ2v) is 7.71. The molecule has 1 spiro atoms. The van der Waals surface area contributed by atoms with E-state index < -0.39 is 5.41 Å². The van der Waals surface area contributed by atoms with Crippen LogP contribution in [-0.4, -0.2) is 10.9 Å². The summed E-state index contributed by atoms with van der Waals surface area (Å²) >= 11 is 0. The zero-order valence-electron chi connectivity index (χ0n) is 15.9. The van der Waals surface area contributed by atoms with E-state index in [0.29, 0.717) is 5.69 Å². The van der Waals surface area contributed by atoms with Crippen LogP contribution in [0, 0.1) is 0 Å². The molecule has 0 bridgehead atoms. The van der Waals surface area contributed by atoms with Gasteiger partial charge in [0.1, 0.15) is 0 Å². The lowest BCUT2D eigenvalue weighted by molar-refractivity contribution is -0.118. The second-order valence-electron chi connectivity index (χ2n) is 7.71. The Morgan fingerprint density at radius 3 is 2.76 bits per heavy atom. The molecular formula is C25H21N3O. The van der Waals surface area contributed by atoms with Crippen LogP contribution >= 0.6 is 0 Å². The molecule has 2 heterocycles. The normalized spacial score (nSPS) is 21.9. The lowest BCUT2D eigenvalue weighted by atomic mass is 9.91. The summed E-state index contributed by atoms with van der Waals surface area (Å²) in [6.45, 7) is 4.16. The minimum atomic E-state index is -0.442. The number of nitrogen functional groups attached to an aromatic ring is 1. The number of pyridine rings is 1. The zero-order valence-corrected chi connectivity index (χ0v) is 15.9. The highest BCUT2D eigenvalue weighted by Crippen LogP contribution is 2.65. The standard InChI is InChI=1S/C25H21N3O/c1-16(6-7-17-10-12-27-13-11-17)19-9-8-18(14-22(19)26)21-15-25(21)20-4-2-3-5-23(20)28-24(25)29/h2-14,21H,1,15,26H2,(H,28,29).